The Morgan fingerprint density at radius 3 is 2.38 bits per heavy atom. The molecular formula is C17H26ClN3O4S. The molecule has 1 heterocycles. The lowest BCUT2D eigenvalue weighted by Crippen LogP contribution is -2.33. The first-order valence-corrected chi connectivity index (χ1v) is 9.76. The molecule has 1 aliphatic rings. The highest BCUT2D eigenvalue weighted by Gasteiger charge is 2.24. The molecule has 1 fully saturated rings. The number of hydrogen-bond acceptors (Lipinski definition) is 5. The molecule has 1 amide bonds. The van der Waals surface area contributed by atoms with Crippen molar-refractivity contribution in [2.45, 2.75) is 37.1 Å². The lowest BCUT2D eigenvalue weighted by atomic mass is 10.2. The Balaban J connectivity index is 0.00000338. The number of amides is 1. The third-order valence-electron chi connectivity index (χ3n) is 4.41. The van der Waals surface area contributed by atoms with Gasteiger partial charge < -0.3 is 10.6 Å². The van der Waals surface area contributed by atoms with Crippen molar-refractivity contribution >= 4 is 34.1 Å². The second kappa shape index (κ2) is 9.45. The zero-order valence-corrected chi connectivity index (χ0v) is 16.7. The predicted molar refractivity (Wildman–Crippen MR) is 102 cm³/mol. The molecule has 0 bridgehead atoms. The van der Waals surface area contributed by atoms with Crippen LogP contribution < -0.4 is 5.73 Å². The van der Waals surface area contributed by atoms with Crippen LogP contribution in [-0.2, 0) is 14.8 Å². The smallest absolute Gasteiger partial charge is 0.242 e. The summed E-state index contributed by atoms with van der Waals surface area (Å²) in [5.74, 6) is -0.0954. The quantitative estimate of drug-likeness (QED) is 0.691. The fraction of sp³-hybridized carbons (Fsp3) is 0.529. The van der Waals surface area contributed by atoms with Crippen LogP contribution in [0.15, 0.2) is 29.2 Å². The molecule has 0 radical (unpaired) electrons. The summed E-state index contributed by atoms with van der Waals surface area (Å²) in [6, 6.07) is 5.91. The molecule has 2 N–H and O–H groups in total. The molecule has 146 valence electrons. The minimum Gasteiger partial charge on any atom is -0.341 e. The van der Waals surface area contributed by atoms with Gasteiger partial charge in [0.2, 0.25) is 15.9 Å². The van der Waals surface area contributed by atoms with Crippen molar-refractivity contribution < 1.29 is 18.0 Å². The van der Waals surface area contributed by atoms with Crippen LogP contribution in [0.1, 0.15) is 36.5 Å². The molecule has 26 heavy (non-hydrogen) atoms. The Morgan fingerprint density at radius 2 is 1.88 bits per heavy atom. The number of nitrogens with two attached hydrogens (primary N) is 1. The number of rotatable bonds is 7. The monoisotopic (exact) mass is 403 g/mol. The summed E-state index contributed by atoms with van der Waals surface area (Å²) < 4.78 is 26.3. The van der Waals surface area contributed by atoms with Gasteiger partial charge in [0.1, 0.15) is 0 Å². The molecule has 2 rings (SSSR count). The fourth-order valence-corrected chi connectivity index (χ4v) is 4.00. The van der Waals surface area contributed by atoms with Crippen LogP contribution in [0.2, 0.25) is 0 Å². The molecular weight excluding hydrogens is 378 g/mol. The number of benzene rings is 1. The minimum atomic E-state index is -3.63. The number of hydrogen-bond donors (Lipinski definition) is 1. The topological polar surface area (TPSA) is 101 Å². The number of halogens is 1. The molecule has 1 aliphatic heterocycles. The molecule has 1 aromatic rings. The highest BCUT2D eigenvalue weighted by atomic mass is 35.5. The minimum absolute atomic E-state index is 0. The van der Waals surface area contributed by atoms with Crippen molar-refractivity contribution in [2.75, 3.05) is 26.7 Å². The van der Waals surface area contributed by atoms with Gasteiger partial charge in [-0.3, -0.25) is 9.59 Å². The van der Waals surface area contributed by atoms with E-state index in [9.17, 15) is 18.0 Å². The fourth-order valence-electron chi connectivity index (χ4n) is 2.79. The number of carbonyl (C=O) groups excluding carboxylic acids is 2. The molecule has 9 heteroatoms. The Morgan fingerprint density at radius 1 is 1.27 bits per heavy atom. The van der Waals surface area contributed by atoms with Gasteiger partial charge in [-0.25, -0.2) is 12.7 Å². The average molecular weight is 404 g/mol. The number of Topliss-reactive ketones (excluding diaryl/α,β-unsaturated/α-hetero) is 1. The number of ketones is 1. The maximum Gasteiger partial charge on any atom is 0.242 e. The first-order valence-electron chi connectivity index (χ1n) is 8.32. The number of nitrogens with zero attached hydrogens (tertiary/aromatic N) is 2. The molecule has 1 aromatic carbocycles. The molecule has 0 spiro atoms. The van der Waals surface area contributed by atoms with E-state index < -0.39 is 10.0 Å². The first kappa shape index (κ1) is 22.6. The van der Waals surface area contributed by atoms with Crippen LogP contribution in [0.3, 0.4) is 0 Å². The van der Waals surface area contributed by atoms with Gasteiger partial charge in [0.15, 0.2) is 5.78 Å². The largest absolute Gasteiger partial charge is 0.341 e. The van der Waals surface area contributed by atoms with Gasteiger partial charge in [-0.15, -0.1) is 12.4 Å². The van der Waals surface area contributed by atoms with E-state index in [-0.39, 0.29) is 41.6 Å². The van der Waals surface area contributed by atoms with E-state index in [2.05, 4.69) is 0 Å². The van der Waals surface area contributed by atoms with E-state index in [1.165, 1.54) is 42.5 Å². The second-order valence-electron chi connectivity index (χ2n) is 6.40. The van der Waals surface area contributed by atoms with E-state index >= 15 is 0 Å². The summed E-state index contributed by atoms with van der Waals surface area (Å²) in [6.45, 7) is 2.94. The summed E-state index contributed by atoms with van der Waals surface area (Å²) in [6.07, 6.45) is 1.57. The van der Waals surface area contributed by atoms with Gasteiger partial charge in [-0.05, 0) is 31.9 Å². The van der Waals surface area contributed by atoms with Gasteiger partial charge >= 0.3 is 0 Å². The summed E-state index contributed by atoms with van der Waals surface area (Å²) >= 11 is 0. The van der Waals surface area contributed by atoms with E-state index in [0.29, 0.717) is 31.5 Å². The highest BCUT2D eigenvalue weighted by molar-refractivity contribution is 7.89. The molecule has 0 unspecified atom stereocenters. The summed E-state index contributed by atoms with van der Waals surface area (Å²) in [4.78, 5) is 25.2. The Labute approximate surface area is 161 Å². The van der Waals surface area contributed by atoms with Crippen molar-refractivity contribution in [3.63, 3.8) is 0 Å². The van der Waals surface area contributed by atoms with Crippen LogP contribution in [-0.4, -0.2) is 62.0 Å². The van der Waals surface area contributed by atoms with Gasteiger partial charge in [-0.1, -0.05) is 12.1 Å². The lowest BCUT2D eigenvalue weighted by molar-refractivity contribution is -0.130. The van der Waals surface area contributed by atoms with Crippen LogP contribution in [0.5, 0.6) is 0 Å². The van der Waals surface area contributed by atoms with E-state index in [1.807, 2.05) is 0 Å². The predicted octanol–water partition coefficient (Wildman–Crippen LogP) is 1.27. The zero-order valence-electron chi connectivity index (χ0n) is 15.1. The van der Waals surface area contributed by atoms with Crippen molar-refractivity contribution in [1.29, 1.82) is 0 Å². The van der Waals surface area contributed by atoms with E-state index in [4.69, 9.17) is 5.73 Å². The number of likely N-dealkylation sites (tertiary alicyclic amines) is 1. The molecule has 7 nitrogen and oxygen atoms in total. The number of carbonyl (C=O) groups is 2. The van der Waals surface area contributed by atoms with E-state index in [0.717, 1.165) is 6.42 Å². The van der Waals surface area contributed by atoms with Crippen LogP contribution in [0, 0.1) is 0 Å². The highest BCUT2D eigenvalue weighted by Crippen LogP contribution is 2.16. The summed E-state index contributed by atoms with van der Waals surface area (Å²) in [7, 11) is -2.14. The normalized spacial score (nSPS) is 17.2. The Kier molecular flexibility index (Phi) is 8.20. The first-order chi connectivity index (χ1) is 11.7. The average Bonchev–Trinajstić information content (AvgIpc) is 3.01. The van der Waals surface area contributed by atoms with Gasteiger partial charge in [0.25, 0.3) is 0 Å². The third-order valence-corrected chi connectivity index (χ3v) is 6.28. The molecule has 0 aliphatic carbocycles. The maximum atomic E-state index is 12.5. The van der Waals surface area contributed by atoms with E-state index in [1.54, 1.807) is 4.90 Å². The standard InChI is InChI=1S/C17H25N3O4S.ClH/c1-13(21)14-5-7-16(8-6-14)25(23,24)19(2)10-3-4-17(22)20-11-9-15(18)12-20;/h5-8,15H,3-4,9-12,18H2,1-2H3;1H/t15-;/m1./s1. The Bertz CT molecular complexity index is 737. The van der Waals surface area contributed by atoms with Crippen LogP contribution in [0.4, 0.5) is 0 Å². The van der Waals surface area contributed by atoms with Crippen molar-refractivity contribution in [2.24, 2.45) is 5.73 Å². The van der Waals surface area contributed by atoms with Gasteiger partial charge in [-0.2, -0.15) is 0 Å². The Hall–Kier alpha value is -1.48. The van der Waals surface area contributed by atoms with Crippen molar-refractivity contribution in [1.82, 2.24) is 9.21 Å². The summed E-state index contributed by atoms with van der Waals surface area (Å²) in [5.41, 5.74) is 6.26. The van der Waals surface area contributed by atoms with Crippen molar-refractivity contribution in [3.8, 4) is 0 Å². The SMILES string of the molecule is CC(=O)c1ccc(S(=O)(=O)N(C)CCCC(=O)N2CC[C@@H](N)C2)cc1.Cl. The van der Waals surface area contributed by atoms with Crippen LogP contribution >= 0.6 is 12.4 Å². The third kappa shape index (κ3) is 5.51. The van der Waals surface area contributed by atoms with Crippen molar-refractivity contribution in [3.05, 3.63) is 29.8 Å². The lowest BCUT2D eigenvalue weighted by Gasteiger charge is -2.19. The zero-order chi connectivity index (χ0) is 18.6. The summed E-state index contributed by atoms with van der Waals surface area (Å²) in [5, 5.41) is 0. The molecule has 0 aromatic heterocycles. The maximum absolute atomic E-state index is 12.5. The molecule has 1 atom stereocenters. The molecule has 1 saturated heterocycles. The van der Waals surface area contributed by atoms with Gasteiger partial charge in [0, 0.05) is 44.7 Å². The van der Waals surface area contributed by atoms with Gasteiger partial charge in [0.05, 0.1) is 4.90 Å². The molecule has 0 saturated carbocycles. The number of sulfonamides is 1. The van der Waals surface area contributed by atoms with Crippen LogP contribution in [0.25, 0.3) is 0 Å². The second-order valence-corrected chi connectivity index (χ2v) is 8.44.